The number of fused-ring (bicyclic) bond motifs is 1. The third-order valence-corrected chi connectivity index (χ3v) is 5.75. The topological polar surface area (TPSA) is 58.5 Å². The molecular formula is C15H16N2O2S2. The van der Waals surface area contributed by atoms with Gasteiger partial charge in [-0.15, -0.1) is 11.3 Å². The zero-order valence-corrected chi connectivity index (χ0v) is 13.2. The Morgan fingerprint density at radius 3 is 2.76 bits per heavy atom. The maximum Gasteiger partial charge on any atom is 0.263 e. The smallest absolute Gasteiger partial charge is 0.263 e. The Hall–Kier alpha value is -1.66. The van der Waals surface area contributed by atoms with Crippen LogP contribution in [0.3, 0.4) is 0 Å². The molecule has 0 amide bonds. The van der Waals surface area contributed by atoms with Gasteiger partial charge in [0.1, 0.15) is 5.84 Å². The zero-order chi connectivity index (χ0) is 14.9. The fourth-order valence-corrected chi connectivity index (χ4v) is 4.45. The zero-order valence-electron chi connectivity index (χ0n) is 11.6. The van der Waals surface area contributed by atoms with Crippen LogP contribution in [0.2, 0.25) is 0 Å². The van der Waals surface area contributed by atoms with Crippen molar-refractivity contribution in [2.24, 2.45) is 4.99 Å². The highest BCUT2D eigenvalue weighted by atomic mass is 32.2. The summed E-state index contributed by atoms with van der Waals surface area (Å²) in [6.07, 6.45) is 1.89. The molecule has 1 aromatic carbocycles. The average molecular weight is 320 g/mol. The number of benzene rings is 1. The van der Waals surface area contributed by atoms with E-state index in [2.05, 4.69) is 16.6 Å². The minimum Gasteiger partial charge on any atom is -0.263 e. The van der Waals surface area contributed by atoms with Crippen LogP contribution < -0.4 is 4.72 Å². The molecule has 21 heavy (non-hydrogen) atoms. The summed E-state index contributed by atoms with van der Waals surface area (Å²) in [7, 11) is -3.46. The summed E-state index contributed by atoms with van der Waals surface area (Å²) >= 11 is 1.65. The van der Waals surface area contributed by atoms with Crippen molar-refractivity contribution in [2.45, 2.75) is 30.7 Å². The summed E-state index contributed by atoms with van der Waals surface area (Å²) in [6, 6.07) is 11.0. The Labute approximate surface area is 128 Å². The normalized spacial score (nSPS) is 19.2. The van der Waals surface area contributed by atoms with E-state index < -0.39 is 10.0 Å². The second-order valence-corrected chi connectivity index (χ2v) is 7.53. The fraction of sp³-hybridized carbons (Fsp3) is 0.267. The highest BCUT2D eigenvalue weighted by Gasteiger charge is 2.30. The molecule has 1 atom stereocenters. The van der Waals surface area contributed by atoms with Gasteiger partial charge in [0, 0.05) is 10.4 Å². The first kappa shape index (κ1) is 14.3. The molecule has 0 bridgehead atoms. The summed E-state index contributed by atoms with van der Waals surface area (Å²) in [6.45, 7) is 2.10. The Morgan fingerprint density at radius 1 is 1.24 bits per heavy atom. The summed E-state index contributed by atoms with van der Waals surface area (Å²) in [5, 5.41) is 2.02. The SMILES string of the molecule is CCCC(N=C1NS(=O)(=O)c2ccccc21)c1cccs1. The van der Waals surface area contributed by atoms with Gasteiger partial charge < -0.3 is 0 Å². The van der Waals surface area contributed by atoms with Gasteiger partial charge in [-0.1, -0.05) is 31.5 Å². The molecule has 6 heteroatoms. The summed E-state index contributed by atoms with van der Waals surface area (Å²) < 4.78 is 26.8. The Bertz CT molecular complexity index is 765. The van der Waals surface area contributed by atoms with Crippen molar-refractivity contribution in [3.8, 4) is 0 Å². The average Bonchev–Trinajstić information content (AvgIpc) is 3.07. The van der Waals surface area contributed by atoms with E-state index in [-0.39, 0.29) is 6.04 Å². The minimum atomic E-state index is -3.46. The van der Waals surface area contributed by atoms with Gasteiger partial charge in [-0.25, -0.2) is 8.42 Å². The molecule has 0 radical (unpaired) electrons. The van der Waals surface area contributed by atoms with Gasteiger partial charge in [0.15, 0.2) is 0 Å². The first-order valence-corrected chi connectivity index (χ1v) is 9.21. The second kappa shape index (κ2) is 5.61. The standard InChI is InChI=1S/C15H16N2O2S2/c1-2-6-12(13-8-5-10-20-13)16-15-11-7-3-4-9-14(11)21(18,19)17-15/h3-5,7-10,12H,2,6H2,1H3,(H,16,17). The van der Waals surface area contributed by atoms with Crippen LogP contribution in [-0.2, 0) is 10.0 Å². The van der Waals surface area contributed by atoms with E-state index in [0.717, 1.165) is 17.7 Å². The molecule has 1 N–H and O–H groups in total. The van der Waals surface area contributed by atoms with E-state index in [1.807, 2.05) is 23.6 Å². The Kier molecular flexibility index (Phi) is 3.82. The van der Waals surface area contributed by atoms with Gasteiger partial charge in [0.25, 0.3) is 10.0 Å². The van der Waals surface area contributed by atoms with E-state index in [4.69, 9.17) is 0 Å². The Balaban J connectivity index is 2.04. The predicted molar refractivity (Wildman–Crippen MR) is 85.3 cm³/mol. The van der Waals surface area contributed by atoms with Crippen molar-refractivity contribution < 1.29 is 8.42 Å². The predicted octanol–water partition coefficient (Wildman–Crippen LogP) is 3.33. The van der Waals surface area contributed by atoms with Gasteiger partial charge in [-0.3, -0.25) is 9.71 Å². The maximum atomic E-state index is 12.1. The van der Waals surface area contributed by atoms with E-state index in [0.29, 0.717) is 16.3 Å². The molecule has 110 valence electrons. The van der Waals surface area contributed by atoms with Crippen molar-refractivity contribution in [3.05, 3.63) is 52.2 Å². The van der Waals surface area contributed by atoms with Crippen molar-refractivity contribution in [1.82, 2.24) is 4.72 Å². The molecule has 4 nitrogen and oxygen atoms in total. The van der Waals surface area contributed by atoms with Gasteiger partial charge in [-0.05, 0) is 30.0 Å². The number of nitrogens with one attached hydrogen (secondary N) is 1. The maximum absolute atomic E-state index is 12.1. The molecule has 1 aliphatic heterocycles. The number of hydrogen-bond donors (Lipinski definition) is 1. The summed E-state index contributed by atoms with van der Waals surface area (Å²) in [5.74, 6) is 0.456. The molecule has 2 heterocycles. The molecular weight excluding hydrogens is 304 g/mol. The largest absolute Gasteiger partial charge is 0.263 e. The lowest BCUT2D eigenvalue weighted by Crippen LogP contribution is -2.22. The Morgan fingerprint density at radius 2 is 2.05 bits per heavy atom. The van der Waals surface area contributed by atoms with Gasteiger partial charge in [0.05, 0.1) is 10.9 Å². The quantitative estimate of drug-likeness (QED) is 0.939. The molecule has 1 aliphatic rings. The summed E-state index contributed by atoms with van der Waals surface area (Å²) in [4.78, 5) is 6.15. The number of thiophene rings is 1. The van der Waals surface area contributed by atoms with Crippen LogP contribution >= 0.6 is 11.3 Å². The number of hydrogen-bond acceptors (Lipinski definition) is 4. The monoisotopic (exact) mass is 320 g/mol. The van der Waals surface area contributed by atoms with Crippen LogP contribution in [0.15, 0.2) is 51.7 Å². The number of amidine groups is 1. The molecule has 0 fully saturated rings. The number of nitrogens with zero attached hydrogens (tertiary/aromatic N) is 1. The van der Waals surface area contributed by atoms with Gasteiger partial charge in [0.2, 0.25) is 0 Å². The highest BCUT2D eigenvalue weighted by molar-refractivity contribution is 7.90. The number of sulfonamides is 1. The van der Waals surface area contributed by atoms with Crippen LogP contribution in [0.25, 0.3) is 0 Å². The molecule has 1 unspecified atom stereocenters. The van der Waals surface area contributed by atoms with Crippen LogP contribution in [0.5, 0.6) is 0 Å². The molecule has 0 aliphatic carbocycles. The van der Waals surface area contributed by atoms with Crippen molar-refractivity contribution in [2.75, 3.05) is 0 Å². The van der Waals surface area contributed by atoms with Gasteiger partial charge in [-0.2, -0.15) is 0 Å². The van der Waals surface area contributed by atoms with E-state index >= 15 is 0 Å². The van der Waals surface area contributed by atoms with E-state index in [1.165, 1.54) is 0 Å². The van der Waals surface area contributed by atoms with Crippen LogP contribution in [0.1, 0.15) is 36.2 Å². The highest BCUT2D eigenvalue weighted by Crippen LogP contribution is 2.30. The lowest BCUT2D eigenvalue weighted by Gasteiger charge is -2.10. The molecule has 3 rings (SSSR count). The second-order valence-electron chi connectivity index (χ2n) is 4.90. The summed E-state index contributed by atoms with van der Waals surface area (Å²) in [5.41, 5.74) is 0.662. The van der Waals surface area contributed by atoms with Crippen LogP contribution in [-0.4, -0.2) is 14.3 Å². The first-order valence-electron chi connectivity index (χ1n) is 6.85. The molecule has 0 saturated heterocycles. The third-order valence-electron chi connectivity index (χ3n) is 3.38. The van der Waals surface area contributed by atoms with E-state index in [1.54, 1.807) is 29.5 Å². The van der Waals surface area contributed by atoms with Crippen LogP contribution in [0.4, 0.5) is 0 Å². The van der Waals surface area contributed by atoms with Gasteiger partial charge >= 0.3 is 0 Å². The minimum absolute atomic E-state index is 0.00106. The molecule has 0 saturated carbocycles. The van der Waals surface area contributed by atoms with Crippen LogP contribution in [0, 0.1) is 0 Å². The van der Waals surface area contributed by atoms with Crippen molar-refractivity contribution in [1.29, 1.82) is 0 Å². The van der Waals surface area contributed by atoms with E-state index in [9.17, 15) is 8.42 Å². The molecule has 1 aromatic heterocycles. The number of aliphatic imine (C=N–C) groups is 1. The first-order chi connectivity index (χ1) is 10.1. The molecule has 0 spiro atoms. The van der Waals surface area contributed by atoms with Crippen molar-refractivity contribution >= 4 is 27.2 Å². The lowest BCUT2D eigenvalue weighted by molar-refractivity contribution is 0.594. The third kappa shape index (κ3) is 2.73. The van der Waals surface area contributed by atoms with Crippen molar-refractivity contribution in [3.63, 3.8) is 0 Å². The molecule has 2 aromatic rings. The number of rotatable bonds is 4. The lowest BCUT2D eigenvalue weighted by atomic mass is 10.1. The fourth-order valence-electron chi connectivity index (χ4n) is 2.41.